The Hall–Kier alpha value is -3.19. The van der Waals surface area contributed by atoms with Crippen LogP contribution < -0.4 is 0 Å². The lowest BCUT2D eigenvalue weighted by molar-refractivity contribution is -0.143. The van der Waals surface area contributed by atoms with Crippen LogP contribution in [0.4, 0.5) is 5.69 Å². The van der Waals surface area contributed by atoms with Crippen molar-refractivity contribution in [3.05, 3.63) is 58.4 Å². The van der Waals surface area contributed by atoms with Crippen molar-refractivity contribution in [3.63, 3.8) is 0 Å². The second-order valence-corrected chi connectivity index (χ2v) is 15.2. The number of aliphatic imine (C=N–C) groups is 1. The Morgan fingerprint density at radius 2 is 1.78 bits per heavy atom. The Labute approximate surface area is 267 Å². The van der Waals surface area contributed by atoms with E-state index in [1.807, 2.05) is 18.2 Å². The standard InChI is InChI=1S/C38H49N3O4/c1-38(2,3)30-10-11-31-29(20-30)21-32-33(39-31)23-34(40-32)36(43)22-27(14-17-41-15-12-25(13-16-41)37(44)45)26-8-5-9-28(19-26)35(42)18-24-6-4-7-24/h5,8-9,19,21,24-25,27,30H,4,6-7,10-18,20,22-23H2,1-3H3,(H,44,45)/t27-,30-/m0/s1. The molecule has 0 bridgehead atoms. The number of carbonyl (C=O) groups is 3. The third-order valence-electron chi connectivity index (χ3n) is 11.1. The maximum absolute atomic E-state index is 13.9. The molecule has 7 heteroatoms. The lowest BCUT2D eigenvalue weighted by Crippen LogP contribution is -2.37. The molecule has 1 aromatic carbocycles. The summed E-state index contributed by atoms with van der Waals surface area (Å²) >= 11 is 0. The minimum absolute atomic E-state index is 0.0497. The third kappa shape index (κ3) is 7.45. The van der Waals surface area contributed by atoms with Gasteiger partial charge in [0.25, 0.3) is 0 Å². The molecule has 45 heavy (non-hydrogen) atoms. The maximum Gasteiger partial charge on any atom is 0.306 e. The first-order valence-electron chi connectivity index (χ1n) is 17.2. The van der Waals surface area contributed by atoms with Crippen LogP contribution in [0.3, 0.4) is 0 Å². The SMILES string of the molecule is CC(C)(C)[C@H]1CCc2nc3c(cc2C1)N=C(C(=O)C[C@H](CCN1CCC(C(=O)O)CC1)c1cccc(C(=O)CC2CCC2)c1)C3. The molecule has 2 aromatic rings. The fraction of sp³-hybridized carbons (Fsp3) is 0.605. The van der Waals surface area contributed by atoms with Gasteiger partial charge in [-0.25, -0.2) is 4.99 Å². The number of hydrogen-bond donors (Lipinski definition) is 1. The summed E-state index contributed by atoms with van der Waals surface area (Å²) in [6.07, 6.45) is 10.2. The van der Waals surface area contributed by atoms with E-state index in [0.717, 1.165) is 80.7 Å². The summed E-state index contributed by atoms with van der Waals surface area (Å²) in [7, 11) is 0. The highest BCUT2D eigenvalue weighted by atomic mass is 16.4. The first-order valence-corrected chi connectivity index (χ1v) is 17.2. The molecule has 1 N–H and O–H groups in total. The van der Waals surface area contributed by atoms with E-state index in [0.29, 0.717) is 49.7 Å². The van der Waals surface area contributed by atoms with Crippen LogP contribution in [0.5, 0.6) is 0 Å². The number of carbonyl (C=O) groups excluding carboxylic acids is 2. The number of piperidine rings is 1. The quantitative estimate of drug-likeness (QED) is 0.271. The van der Waals surface area contributed by atoms with Gasteiger partial charge in [0.15, 0.2) is 11.6 Å². The summed E-state index contributed by atoms with van der Waals surface area (Å²) in [5.41, 5.74) is 6.85. The highest BCUT2D eigenvalue weighted by Crippen LogP contribution is 2.40. The molecule has 7 nitrogen and oxygen atoms in total. The van der Waals surface area contributed by atoms with Crippen molar-refractivity contribution in [2.24, 2.45) is 28.2 Å². The largest absolute Gasteiger partial charge is 0.481 e. The zero-order valence-electron chi connectivity index (χ0n) is 27.3. The molecule has 2 aliphatic heterocycles. The van der Waals surface area contributed by atoms with Gasteiger partial charge in [0.05, 0.1) is 23.0 Å². The van der Waals surface area contributed by atoms with E-state index in [2.05, 4.69) is 37.8 Å². The number of aryl methyl sites for hydroxylation is 1. The second-order valence-electron chi connectivity index (χ2n) is 15.2. The summed E-state index contributed by atoms with van der Waals surface area (Å²) < 4.78 is 0. The molecule has 2 fully saturated rings. The van der Waals surface area contributed by atoms with Crippen LogP contribution in [0, 0.1) is 23.2 Å². The van der Waals surface area contributed by atoms with Crippen molar-refractivity contribution >= 4 is 28.9 Å². The zero-order valence-corrected chi connectivity index (χ0v) is 27.3. The molecule has 0 amide bonds. The number of Topliss-reactive ketones (excluding diaryl/α,β-unsaturated/α-hetero) is 2. The van der Waals surface area contributed by atoms with E-state index in [1.54, 1.807) is 0 Å². The number of rotatable bonds is 11. The predicted molar refractivity (Wildman–Crippen MR) is 177 cm³/mol. The number of hydrogen-bond acceptors (Lipinski definition) is 6. The van der Waals surface area contributed by atoms with Gasteiger partial charge in [-0.15, -0.1) is 0 Å². The highest BCUT2D eigenvalue weighted by molar-refractivity contribution is 6.41. The van der Waals surface area contributed by atoms with Crippen molar-refractivity contribution in [2.45, 2.75) is 104 Å². The molecule has 2 aliphatic carbocycles. The van der Waals surface area contributed by atoms with Gasteiger partial charge in [0, 0.05) is 30.5 Å². The van der Waals surface area contributed by atoms with Gasteiger partial charge >= 0.3 is 5.97 Å². The van der Waals surface area contributed by atoms with Crippen molar-refractivity contribution in [3.8, 4) is 0 Å². The van der Waals surface area contributed by atoms with E-state index in [1.165, 1.54) is 17.7 Å². The normalized spacial score (nSPS) is 21.4. The molecule has 1 saturated heterocycles. The van der Waals surface area contributed by atoms with Crippen LogP contribution in [-0.4, -0.2) is 57.9 Å². The van der Waals surface area contributed by atoms with Crippen molar-refractivity contribution in [2.75, 3.05) is 19.6 Å². The Balaban J connectivity index is 1.17. The molecule has 3 heterocycles. The number of aliphatic carboxylic acids is 1. The average Bonchev–Trinajstić information content (AvgIpc) is 3.42. The van der Waals surface area contributed by atoms with Gasteiger partial charge in [0.2, 0.25) is 0 Å². The van der Waals surface area contributed by atoms with Crippen LogP contribution in [0.2, 0.25) is 0 Å². The van der Waals surface area contributed by atoms with Gasteiger partial charge in [-0.1, -0.05) is 58.2 Å². The molecule has 1 saturated carbocycles. The number of fused-ring (bicyclic) bond motifs is 2. The molecule has 2 atom stereocenters. The summed E-state index contributed by atoms with van der Waals surface area (Å²) in [6.45, 7) is 9.24. The Morgan fingerprint density at radius 3 is 2.47 bits per heavy atom. The molecular weight excluding hydrogens is 562 g/mol. The molecule has 0 unspecified atom stereocenters. The van der Waals surface area contributed by atoms with E-state index in [9.17, 15) is 19.5 Å². The maximum atomic E-state index is 13.9. The van der Waals surface area contributed by atoms with Gasteiger partial charge in [0.1, 0.15) is 0 Å². The number of likely N-dealkylation sites (tertiary alicyclic amines) is 1. The van der Waals surface area contributed by atoms with Crippen LogP contribution in [0.15, 0.2) is 35.3 Å². The zero-order chi connectivity index (χ0) is 31.7. The first-order chi connectivity index (χ1) is 21.5. The first kappa shape index (κ1) is 31.8. The Bertz CT molecular complexity index is 1480. The molecular formula is C38H49N3O4. The summed E-state index contributed by atoms with van der Waals surface area (Å²) in [5, 5.41) is 9.41. The lowest BCUT2D eigenvalue weighted by Gasteiger charge is -2.34. The van der Waals surface area contributed by atoms with E-state index < -0.39 is 5.97 Å². The fourth-order valence-electron chi connectivity index (χ4n) is 7.68. The number of aromatic nitrogens is 1. The molecule has 0 spiro atoms. The molecule has 4 aliphatic rings. The van der Waals surface area contributed by atoms with E-state index in [-0.39, 0.29) is 28.8 Å². The van der Waals surface area contributed by atoms with Gasteiger partial charge in [-0.05, 0) is 105 Å². The fourth-order valence-corrected chi connectivity index (χ4v) is 7.68. The van der Waals surface area contributed by atoms with Crippen LogP contribution in [0.25, 0.3) is 0 Å². The lowest BCUT2D eigenvalue weighted by atomic mass is 9.71. The molecule has 6 rings (SSSR count). The molecule has 0 radical (unpaired) electrons. The topological polar surface area (TPSA) is 99.9 Å². The van der Waals surface area contributed by atoms with Crippen molar-refractivity contribution in [1.29, 1.82) is 0 Å². The summed E-state index contributed by atoms with van der Waals surface area (Å²) in [6, 6.07) is 10.1. The van der Waals surface area contributed by atoms with Gasteiger partial charge in [-0.2, -0.15) is 0 Å². The Morgan fingerprint density at radius 1 is 1.00 bits per heavy atom. The van der Waals surface area contributed by atoms with Crippen molar-refractivity contribution in [1.82, 2.24) is 9.88 Å². The number of ketones is 2. The van der Waals surface area contributed by atoms with Crippen LogP contribution in [-0.2, 0) is 28.9 Å². The van der Waals surface area contributed by atoms with Crippen LogP contribution >= 0.6 is 0 Å². The minimum atomic E-state index is -0.704. The smallest absolute Gasteiger partial charge is 0.306 e. The summed E-state index contributed by atoms with van der Waals surface area (Å²) in [4.78, 5) is 50.6. The molecule has 1 aromatic heterocycles. The van der Waals surface area contributed by atoms with Crippen molar-refractivity contribution < 1.29 is 19.5 Å². The van der Waals surface area contributed by atoms with E-state index in [4.69, 9.17) is 9.98 Å². The monoisotopic (exact) mass is 611 g/mol. The number of carboxylic acids is 1. The third-order valence-corrected chi connectivity index (χ3v) is 11.1. The summed E-state index contributed by atoms with van der Waals surface area (Å²) in [5.74, 6) is 0.352. The second kappa shape index (κ2) is 13.3. The van der Waals surface area contributed by atoms with Gasteiger partial charge in [-0.3, -0.25) is 19.4 Å². The van der Waals surface area contributed by atoms with Gasteiger partial charge < -0.3 is 10.0 Å². The van der Waals surface area contributed by atoms with Crippen LogP contribution in [0.1, 0.15) is 117 Å². The van der Waals surface area contributed by atoms with E-state index >= 15 is 0 Å². The number of carboxylic acid groups (broad SMARTS) is 1. The number of nitrogens with zero attached hydrogens (tertiary/aromatic N) is 3. The predicted octanol–water partition coefficient (Wildman–Crippen LogP) is 7.16. The Kier molecular flexibility index (Phi) is 9.37. The minimum Gasteiger partial charge on any atom is -0.481 e. The number of benzene rings is 1. The number of pyridine rings is 1. The highest BCUT2D eigenvalue weighted by Gasteiger charge is 2.32. The molecule has 240 valence electrons. The average molecular weight is 612 g/mol.